The fraction of sp³-hybridized carbons (Fsp3) is 0.600. The molecule has 0 aliphatic rings. The quantitative estimate of drug-likeness (QED) is 0.735. The van der Waals surface area contributed by atoms with Crippen LogP contribution in [-0.2, 0) is 6.54 Å². The summed E-state index contributed by atoms with van der Waals surface area (Å²) < 4.78 is 5.52. The van der Waals surface area contributed by atoms with Crippen LogP contribution in [0.5, 0.6) is 0 Å². The molecule has 2 N–H and O–H groups in total. The molecule has 0 bridgehead atoms. The largest absolute Gasteiger partial charge is 0.466 e. The molecule has 0 saturated carbocycles. The van der Waals surface area contributed by atoms with Crippen molar-refractivity contribution in [2.75, 3.05) is 0 Å². The van der Waals surface area contributed by atoms with Gasteiger partial charge in [0.1, 0.15) is 11.5 Å². The summed E-state index contributed by atoms with van der Waals surface area (Å²) in [6.45, 7) is 8.88. The SMILES string of the molecule is Cc1oc(C)c(C(C)C)c1CN. The van der Waals surface area contributed by atoms with E-state index in [1.54, 1.807) is 0 Å². The molecule has 2 heteroatoms. The lowest BCUT2D eigenvalue weighted by Gasteiger charge is -2.05. The number of rotatable bonds is 2. The highest BCUT2D eigenvalue weighted by Crippen LogP contribution is 2.27. The van der Waals surface area contributed by atoms with Crippen molar-refractivity contribution in [3.63, 3.8) is 0 Å². The highest BCUT2D eigenvalue weighted by molar-refractivity contribution is 5.34. The smallest absolute Gasteiger partial charge is 0.105 e. The van der Waals surface area contributed by atoms with Gasteiger partial charge in [-0.1, -0.05) is 13.8 Å². The van der Waals surface area contributed by atoms with Crippen LogP contribution in [-0.4, -0.2) is 0 Å². The zero-order chi connectivity index (χ0) is 9.30. The Kier molecular flexibility index (Phi) is 2.58. The third-order valence-electron chi connectivity index (χ3n) is 2.22. The van der Waals surface area contributed by atoms with Crippen LogP contribution >= 0.6 is 0 Å². The van der Waals surface area contributed by atoms with Crippen LogP contribution in [0.15, 0.2) is 4.42 Å². The number of aryl methyl sites for hydroxylation is 2. The molecule has 0 saturated heterocycles. The molecule has 0 unspecified atom stereocenters. The standard InChI is InChI=1S/C10H17NO/c1-6(2)10-8(4)12-7(3)9(10)5-11/h6H,5,11H2,1-4H3. The second kappa shape index (κ2) is 3.31. The Morgan fingerprint density at radius 2 is 1.83 bits per heavy atom. The number of hydrogen-bond acceptors (Lipinski definition) is 2. The normalized spacial score (nSPS) is 11.2. The van der Waals surface area contributed by atoms with E-state index < -0.39 is 0 Å². The Bertz CT molecular complexity index is 274. The average Bonchev–Trinajstić information content (AvgIpc) is 2.24. The first kappa shape index (κ1) is 9.33. The summed E-state index contributed by atoms with van der Waals surface area (Å²) in [7, 11) is 0. The Morgan fingerprint density at radius 1 is 1.25 bits per heavy atom. The third-order valence-corrected chi connectivity index (χ3v) is 2.22. The molecule has 0 aliphatic heterocycles. The van der Waals surface area contributed by atoms with E-state index in [2.05, 4.69) is 13.8 Å². The molecule has 0 aromatic carbocycles. The average molecular weight is 167 g/mol. The van der Waals surface area contributed by atoms with Crippen LogP contribution in [0.3, 0.4) is 0 Å². The summed E-state index contributed by atoms with van der Waals surface area (Å²) in [5, 5.41) is 0. The van der Waals surface area contributed by atoms with E-state index in [0.717, 1.165) is 11.5 Å². The summed E-state index contributed by atoms with van der Waals surface area (Å²) in [5.74, 6) is 2.49. The summed E-state index contributed by atoms with van der Waals surface area (Å²) in [6, 6.07) is 0. The fourth-order valence-electron chi connectivity index (χ4n) is 1.76. The van der Waals surface area contributed by atoms with E-state index in [9.17, 15) is 0 Å². The highest BCUT2D eigenvalue weighted by Gasteiger charge is 2.15. The van der Waals surface area contributed by atoms with E-state index in [0.29, 0.717) is 12.5 Å². The van der Waals surface area contributed by atoms with Crippen LogP contribution in [0.25, 0.3) is 0 Å². The van der Waals surface area contributed by atoms with Gasteiger partial charge in [-0.3, -0.25) is 0 Å². The Hall–Kier alpha value is -0.760. The maximum Gasteiger partial charge on any atom is 0.105 e. The van der Waals surface area contributed by atoms with Crippen molar-refractivity contribution in [2.45, 2.75) is 40.2 Å². The van der Waals surface area contributed by atoms with Crippen LogP contribution in [0.2, 0.25) is 0 Å². The van der Waals surface area contributed by atoms with Crippen molar-refractivity contribution < 1.29 is 4.42 Å². The molecule has 0 fully saturated rings. The zero-order valence-electron chi connectivity index (χ0n) is 8.27. The second-order valence-electron chi connectivity index (χ2n) is 3.47. The topological polar surface area (TPSA) is 39.2 Å². The Labute approximate surface area is 73.8 Å². The monoisotopic (exact) mass is 167 g/mol. The van der Waals surface area contributed by atoms with Crippen molar-refractivity contribution in [3.05, 3.63) is 22.6 Å². The summed E-state index contributed by atoms with van der Waals surface area (Å²) in [4.78, 5) is 0. The van der Waals surface area contributed by atoms with Gasteiger partial charge in [0.2, 0.25) is 0 Å². The number of nitrogens with two attached hydrogens (primary N) is 1. The van der Waals surface area contributed by atoms with Gasteiger partial charge in [0, 0.05) is 17.7 Å². The number of hydrogen-bond donors (Lipinski definition) is 1. The molecular formula is C10H17NO. The highest BCUT2D eigenvalue weighted by atomic mass is 16.3. The lowest BCUT2D eigenvalue weighted by Crippen LogP contribution is -2.02. The summed E-state index contributed by atoms with van der Waals surface area (Å²) >= 11 is 0. The maximum atomic E-state index is 5.64. The van der Waals surface area contributed by atoms with E-state index in [-0.39, 0.29) is 0 Å². The molecule has 0 spiro atoms. The maximum absolute atomic E-state index is 5.64. The van der Waals surface area contributed by atoms with E-state index in [1.165, 1.54) is 11.1 Å². The molecule has 0 aliphatic carbocycles. The minimum Gasteiger partial charge on any atom is -0.466 e. The second-order valence-corrected chi connectivity index (χ2v) is 3.47. The van der Waals surface area contributed by atoms with Crippen molar-refractivity contribution in [2.24, 2.45) is 5.73 Å². The van der Waals surface area contributed by atoms with Crippen molar-refractivity contribution in [1.29, 1.82) is 0 Å². The predicted octanol–water partition coefficient (Wildman–Crippen LogP) is 2.48. The van der Waals surface area contributed by atoms with Crippen molar-refractivity contribution >= 4 is 0 Å². The summed E-state index contributed by atoms with van der Waals surface area (Å²) in [5.41, 5.74) is 8.11. The van der Waals surface area contributed by atoms with Gasteiger partial charge in [-0.2, -0.15) is 0 Å². The van der Waals surface area contributed by atoms with Gasteiger partial charge < -0.3 is 10.2 Å². The van der Waals surface area contributed by atoms with E-state index in [4.69, 9.17) is 10.2 Å². The van der Waals surface area contributed by atoms with Crippen LogP contribution in [0.4, 0.5) is 0 Å². The Morgan fingerprint density at radius 3 is 2.17 bits per heavy atom. The lowest BCUT2D eigenvalue weighted by atomic mass is 9.98. The molecule has 2 nitrogen and oxygen atoms in total. The van der Waals surface area contributed by atoms with Gasteiger partial charge in [0.15, 0.2) is 0 Å². The molecule has 1 aromatic rings. The van der Waals surface area contributed by atoms with Crippen molar-refractivity contribution in [3.8, 4) is 0 Å². The molecule has 1 rings (SSSR count). The third kappa shape index (κ3) is 1.39. The van der Waals surface area contributed by atoms with Crippen LogP contribution in [0.1, 0.15) is 42.4 Å². The van der Waals surface area contributed by atoms with Gasteiger partial charge in [0.05, 0.1) is 0 Å². The molecular weight excluding hydrogens is 150 g/mol. The first-order valence-electron chi connectivity index (χ1n) is 4.36. The molecule has 0 radical (unpaired) electrons. The van der Waals surface area contributed by atoms with E-state index >= 15 is 0 Å². The van der Waals surface area contributed by atoms with Crippen LogP contribution < -0.4 is 5.73 Å². The predicted molar refractivity (Wildman–Crippen MR) is 50.2 cm³/mol. The van der Waals surface area contributed by atoms with Gasteiger partial charge >= 0.3 is 0 Å². The molecule has 68 valence electrons. The minimum atomic E-state index is 0.501. The van der Waals surface area contributed by atoms with E-state index in [1.807, 2.05) is 13.8 Å². The molecule has 1 aromatic heterocycles. The molecule has 1 heterocycles. The first-order chi connectivity index (χ1) is 5.57. The zero-order valence-corrected chi connectivity index (χ0v) is 8.27. The van der Waals surface area contributed by atoms with Gasteiger partial charge in [-0.15, -0.1) is 0 Å². The van der Waals surface area contributed by atoms with Crippen molar-refractivity contribution in [1.82, 2.24) is 0 Å². The summed E-state index contributed by atoms with van der Waals surface area (Å²) in [6.07, 6.45) is 0. The fourth-order valence-corrected chi connectivity index (χ4v) is 1.76. The lowest BCUT2D eigenvalue weighted by molar-refractivity contribution is 0.497. The molecule has 0 atom stereocenters. The van der Waals surface area contributed by atoms with Crippen LogP contribution in [0, 0.1) is 13.8 Å². The van der Waals surface area contributed by atoms with Gasteiger partial charge in [-0.25, -0.2) is 0 Å². The molecule has 12 heavy (non-hydrogen) atoms. The Balaban J connectivity index is 3.23. The van der Waals surface area contributed by atoms with Gasteiger partial charge in [-0.05, 0) is 19.8 Å². The first-order valence-corrected chi connectivity index (χ1v) is 4.36. The number of furan rings is 1. The minimum absolute atomic E-state index is 0.501. The van der Waals surface area contributed by atoms with Gasteiger partial charge in [0.25, 0.3) is 0 Å². The molecule has 0 amide bonds.